The number of nitrogens with zero attached hydrogens (tertiary/aromatic N) is 1. The van der Waals surface area contributed by atoms with Crippen molar-refractivity contribution in [3.63, 3.8) is 0 Å². The van der Waals surface area contributed by atoms with Gasteiger partial charge in [-0.3, -0.25) is 4.79 Å². The van der Waals surface area contributed by atoms with Crippen molar-refractivity contribution in [3.05, 3.63) is 33.8 Å². The first-order chi connectivity index (χ1) is 10.1. The van der Waals surface area contributed by atoms with Gasteiger partial charge in [0.1, 0.15) is 0 Å². The third-order valence-corrected chi connectivity index (χ3v) is 5.73. The molecule has 0 radical (unpaired) electrons. The minimum atomic E-state index is 0. The van der Waals surface area contributed by atoms with E-state index >= 15 is 0 Å². The van der Waals surface area contributed by atoms with E-state index in [-0.39, 0.29) is 24.2 Å². The van der Waals surface area contributed by atoms with Crippen LogP contribution in [-0.2, 0) is 4.79 Å². The van der Waals surface area contributed by atoms with Gasteiger partial charge in [-0.25, -0.2) is 0 Å². The monoisotopic (exact) mass is 360 g/mol. The number of fused-ring (bicyclic) bond motifs is 1. The molecule has 2 unspecified atom stereocenters. The SMILES string of the molecule is Cl.O=C(C1CC1c1ccc(Cl)cc1Cl)N1C[C@H]2CNC[C@H]2C1. The van der Waals surface area contributed by atoms with Crippen LogP contribution in [0.1, 0.15) is 17.9 Å². The van der Waals surface area contributed by atoms with Crippen molar-refractivity contribution in [1.82, 2.24) is 10.2 Å². The van der Waals surface area contributed by atoms with E-state index in [0.29, 0.717) is 27.8 Å². The summed E-state index contributed by atoms with van der Waals surface area (Å²) < 4.78 is 0. The second kappa shape index (κ2) is 6.20. The number of carbonyl (C=O) groups excluding carboxylic acids is 1. The molecule has 3 fully saturated rings. The van der Waals surface area contributed by atoms with Crippen LogP contribution < -0.4 is 5.32 Å². The number of amides is 1. The summed E-state index contributed by atoms with van der Waals surface area (Å²) in [6, 6.07) is 5.59. The molecule has 4 rings (SSSR count). The Hall–Kier alpha value is -0.480. The predicted octanol–water partition coefficient (Wildman–Crippen LogP) is 3.20. The van der Waals surface area contributed by atoms with Crippen molar-refractivity contribution in [2.24, 2.45) is 17.8 Å². The van der Waals surface area contributed by atoms with Crippen molar-refractivity contribution in [2.45, 2.75) is 12.3 Å². The molecule has 22 heavy (non-hydrogen) atoms. The molecule has 1 saturated carbocycles. The summed E-state index contributed by atoms with van der Waals surface area (Å²) in [4.78, 5) is 14.7. The predicted molar refractivity (Wildman–Crippen MR) is 91.0 cm³/mol. The summed E-state index contributed by atoms with van der Waals surface area (Å²) in [6.45, 7) is 3.97. The van der Waals surface area contributed by atoms with Gasteiger partial charge in [0.25, 0.3) is 0 Å². The molecule has 120 valence electrons. The molecule has 1 aliphatic carbocycles. The molecule has 1 amide bonds. The molecule has 4 atom stereocenters. The fourth-order valence-corrected chi connectivity index (χ4v) is 4.43. The van der Waals surface area contributed by atoms with Crippen LogP contribution in [0.4, 0.5) is 0 Å². The van der Waals surface area contributed by atoms with Gasteiger partial charge in [0.2, 0.25) is 5.91 Å². The fraction of sp³-hybridized carbons (Fsp3) is 0.562. The summed E-state index contributed by atoms with van der Waals surface area (Å²) in [7, 11) is 0. The first-order valence-electron chi connectivity index (χ1n) is 7.58. The second-order valence-electron chi connectivity index (χ2n) is 6.54. The Labute approximate surface area is 146 Å². The minimum absolute atomic E-state index is 0. The van der Waals surface area contributed by atoms with Crippen molar-refractivity contribution >= 4 is 41.5 Å². The number of halogens is 3. The lowest BCUT2D eigenvalue weighted by molar-refractivity contribution is -0.131. The number of rotatable bonds is 2. The lowest BCUT2D eigenvalue weighted by Crippen LogP contribution is -2.33. The van der Waals surface area contributed by atoms with Crippen molar-refractivity contribution in [1.29, 1.82) is 0 Å². The number of likely N-dealkylation sites (tertiary alicyclic amines) is 1. The molecule has 3 aliphatic rings. The number of carbonyl (C=O) groups is 1. The van der Waals surface area contributed by atoms with Gasteiger partial charge in [-0.05, 0) is 41.9 Å². The van der Waals surface area contributed by atoms with E-state index in [1.165, 1.54) is 0 Å². The van der Waals surface area contributed by atoms with Crippen LogP contribution in [0.5, 0.6) is 0 Å². The fourth-order valence-electron chi connectivity index (χ4n) is 3.88. The largest absolute Gasteiger partial charge is 0.342 e. The van der Waals surface area contributed by atoms with Crippen LogP contribution in [0.15, 0.2) is 18.2 Å². The molecular weight excluding hydrogens is 343 g/mol. The molecule has 2 aliphatic heterocycles. The first-order valence-corrected chi connectivity index (χ1v) is 8.33. The van der Waals surface area contributed by atoms with Gasteiger partial charge < -0.3 is 10.2 Å². The van der Waals surface area contributed by atoms with Gasteiger partial charge in [-0.1, -0.05) is 29.3 Å². The first kappa shape index (κ1) is 16.4. The Balaban J connectivity index is 0.00000144. The van der Waals surface area contributed by atoms with Crippen LogP contribution in [0.3, 0.4) is 0 Å². The van der Waals surface area contributed by atoms with Crippen LogP contribution in [0.25, 0.3) is 0 Å². The zero-order valence-corrected chi connectivity index (χ0v) is 14.4. The van der Waals surface area contributed by atoms with E-state index in [2.05, 4.69) is 10.2 Å². The topological polar surface area (TPSA) is 32.3 Å². The zero-order valence-electron chi connectivity index (χ0n) is 12.1. The van der Waals surface area contributed by atoms with Gasteiger partial charge in [0, 0.05) is 42.1 Å². The Kier molecular flexibility index (Phi) is 4.61. The van der Waals surface area contributed by atoms with E-state index in [9.17, 15) is 4.79 Å². The number of nitrogens with one attached hydrogen (secondary N) is 1. The van der Waals surface area contributed by atoms with E-state index < -0.39 is 0 Å². The van der Waals surface area contributed by atoms with Gasteiger partial charge in [-0.15, -0.1) is 12.4 Å². The molecule has 0 aromatic heterocycles. The standard InChI is InChI=1S/C16H18Cl2N2O.ClH/c17-11-1-2-12(15(18)3-11)13-4-14(13)16(21)20-7-9-5-19-6-10(9)8-20;/h1-3,9-10,13-14,19H,4-8H2;1H/t9-,10+,13?,14?;. The summed E-state index contributed by atoms with van der Waals surface area (Å²) in [5.41, 5.74) is 1.07. The second-order valence-corrected chi connectivity index (χ2v) is 7.38. The maximum atomic E-state index is 12.6. The van der Waals surface area contributed by atoms with Crippen molar-refractivity contribution in [2.75, 3.05) is 26.2 Å². The smallest absolute Gasteiger partial charge is 0.226 e. The molecule has 1 N–H and O–H groups in total. The molecule has 3 nitrogen and oxygen atoms in total. The summed E-state index contributed by atoms with van der Waals surface area (Å²) in [5.74, 6) is 2.03. The van der Waals surface area contributed by atoms with Crippen LogP contribution in [0, 0.1) is 17.8 Å². The van der Waals surface area contributed by atoms with Gasteiger partial charge in [-0.2, -0.15) is 0 Å². The average Bonchev–Trinajstić information content (AvgIpc) is 2.91. The third-order valence-electron chi connectivity index (χ3n) is 5.17. The highest BCUT2D eigenvalue weighted by Crippen LogP contribution is 2.51. The van der Waals surface area contributed by atoms with E-state index in [0.717, 1.165) is 38.2 Å². The summed E-state index contributed by atoms with van der Waals surface area (Å²) in [6.07, 6.45) is 0.921. The molecule has 2 heterocycles. The Morgan fingerprint density at radius 3 is 2.50 bits per heavy atom. The van der Waals surface area contributed by atoms with Crippen LogP contribution >= 0.6 is 35.6 Å². The normalized spacial score (nSPS) is 32.5. The van der Waals surface area contributed by atoms with E-state index in [4.69, 9.17) is 23.2 Å². The molecule has 6 heteroatoms. The Morgan fingerprint density at radius 2 is 1.86 bits per heavy atom. The quantitative estimate of drug-likeness (QED) is 0.877. The average molecular weight is 362 g/mol. The van der Waals surface area contributed by atoms with Crippen LogP contribution in [-0.4, -0.2) is 37.0 Å². The Morgan fingerprint density at radius 1 is 1.18 bits per heavy atom. The number of hydrogen-bond acceptors (Lipinski definition) is 2. The van der Waals surface area contributed by atoms with Gasteiger partial charge >= 0.3 is 0 Å². The number of benzene rings is 1. The minimum Gasteiger partial charge on any atom is -0.342 e. The molecular formula is C16H19Cl3N2O. The van der Waals surface area contributed by atoms with Gasteiger partial charge in [0.05, 0.1) is 0 Å². The Bertz CT molecular complexity index is 583. The lowest BCUT2D eigenvalue weighted by Gasteiger charge is -2.17. The highest BCUT2D eigenvalue weighted by Gasteiger charge is 2.49. The van der Waals surface area contributed by atoms with Crippen molar-refractivity contribution in [3.8, 4) is 0 Å². The highest BCUT2D eigenvalue weighted by atomic mass is 35.5. The molecule has 1 aromatic rings. The van der Waals surface area contributed by atoms with Crippen molar-refractivity contribution < 1.29 is 4.79 Å². The molecule has 0 spiro atoms. The molecule has 1 aromatic carbocycles. The van der Waals surface area contributed by atoms with E-state index in [1.807, 2.05) is 12.1 Å². The number of hydrogen-bond donors (Lipinski definition) is 1. The molecule has 2 saturated heterocycles. The molecule has 0 bridgehead atoms. The van der Waals surface area contributed by atoms with Crippen LogP contribution in [0.2, 0.25) is 10.0 Å². The lowest BCUT2D eigenvalue weighted by atomic mass is 10.0. The summed E-state index contributed by atoms with van der Waals surface area (Å²) >= 11 is 12.2. The maximum absolute atomic E-state index is 12.6. The third kappa shape index (κ3) is 2.84. The highest BCUT2D eigenvalue weighted by molar-refractivity contribution is 6.35. The summed E-state index contributed by atoms with van der Waals surface area (Å²) in [5, 5.41) is 4.74. The van der Waals surface area contributed by atoms with Gasteiger partial charge in [0.15, 0.2) is 0 Å². The van der Waals surface area contributed by atoms with E-state index in [1.54, 1.807) is 6.07 Å². The zero-order chi connectivity index (χ0) is 14.6. The maximum Gasteiger partial charge on any atom is 0.226 e.